The van der Waals surface area contributed by atoms with E-state index in [9.17, 15) is 0 Å². The molecule has 0 fully saturated rings. The maximum Gasteiger partial charge on any atom is 0.170 e. The van der Waals surface area contributed by atoms with Gasteiger partial charge in [-0.15, -0.1) is 0 Å². The van der Waals surface area contributed by atoms with Gasteiger partial charge in [0, 0.05) is 18.8 Å². The number of oxime groups is 1. The molecule has 0 aromatic heterocycles. The summed E-state index contributed by atoms with van der Waals surface area (Å²) in [5.41, 5.74) is 8.78. The number of amidine groups is 1. The molecule has 0 saturated heterocycles. The molecule has 0 radical (unpaired) electrons. The van der Waals surface area contributed by atoms with Crippen LogP contribution in [-0.4, -0.2) is 34.5 Å². The van der Waals surface area contributed by atoms with Crippen molar-refractivity contribution >= 4 is 5.84 Å². The lowest BCUT2D eigenvalue weighted by Crippen LogP contribution is -2.12. The van der Waals surface area contributed by atoms with Crippen molar-refractivity contribution in [2.75, 3.05) is 13.2 Å². The smallest absolute Gasteiger partial charge is 0.170 e. The molecule has 2 aromatic carbocycles. The van der Waals surface area contributed by atoms with E-state index < -0.39 is 0 Å². The fraction of sp³-hybridized carbons (Fsp3) is 0.222. The Labute approximate surface area is 141 Å². The van der Waals surface area contributed by atoms with Crippen LogP contribution in [0.4, 0.5) is 0 Å². The molecule has 0 heterocycles. The van der Waals surface area contributed by atoms with Gasteiger partial charge in [0.15, 0.2) is 5.84 Å². The third-order valence-electron chi connectivity index (χ3n) is 3.24. The van der Waals surface area contributed by atoms with Gasteiger partial charge in [-0.1, -0.05) is 41.6 Å². The Morgan fingerprint density at radius 1 is 0.917 bits per heavy atom. The lowest BCUT2D eigenvalue weighted by molar-refractivity contribution is 0.299. The molecule has 2 aromatic rings. The van der Waals surface area contributed by atoms with E-state index in [1.54, 1.807) is 24.3 Å². The van der Waals surface area contributed by atoms with Gasteiger partial charge in [0.05, 0.1) is 11.6 Å². The van der Waals surface area contributed by atoms with Gasteiger partial charge in [0.1, 0.15) is 0 Å². The molecule has 0 amide bonds. The molecule has 2 rings (SSSR count). The quantitative estimate of drug-likeness (QED) is 0.286. The van der Waals surface area contributed by atoms with Crippen LogP contribution in [0.25, 0.3) is 0 Å². The molecule has 24 heavy (non-hydrogen) atoms. The number of aliphatic hydroxyl groups excluding tert-OH is 2. The molecule has 0 aliphatic heterocycles. The second-order valence-electron chi connectivity index (χ2n) is 4.94. The van der Waals surface area contributed by atoms with E-state index in [1.807, 2.05) is 30.3 Å². The number of hydrogen-bond donors (Lipinski definition) is 4. The Morgan fingerprint density at radius 3 is 1.75 bits per heavy atom. The van der Waals surface area contributed by atoms with Crippen LogP contribution in [-0.2, 0) is 12.8 Å². The highest BCUT2D eigenvalue weighted by molar-refractivity contribution is 5.96. The Bertz CT molecular complexity index is 674. The summed E-state index contributed by atoms with van der Waals surface area (Å²) in [5.74, 6) is 0.0931. The minimum absolute atomic E-state index is 0.0931. The monoisotopic (exact) mass is 327 g/mol. The fourth-order valence-corrected chi connectivity index (χ4v) is 1.90. The molecular weight excluding hydrogens is 306 g/mol. The van der Waals surface area contributed by atoms with Crippen molar-refractivity contribution in [1.82, 2.24) is 0 Å². The summed E-state index contributed by atoms with van der Waals surface area (Å²) in [6.07, 6.45) is 1.28. The van der Waals surface area contributed by atoms with Crippen LogP contribution in [0.3, 0.4) is 0 Å². The Morgan fingerprint density at radius 2 is 1.38 bits per heavy atom. The normalized spacial score (nSPS) is 10.5. The Kier molecular flexibility index (Phi) is 8.61. The third-order valence-corrected chi connectivity index (χ3v) is 3.24. The molecule has 6 heteroatoms. The predicted molar refractivity (Wildman–Crippen MR) is 91.7 cm³/mol. The van der Waals surface area contributed by atoms with Gasteiger partial charge in [0.2, 0.25) is 0 Å². The highest BCUT2D eigenvalue weighted by atomic mass is 16.4. The van der Waals surface area contributed by atoms with E-state index in [-0.39, 0.29) is 19.0 Å². The summed E-state index contributed by atoms with van der Waals surface area (Å²) < 4.78 is 0. The summed E-state index contributed by atoms with van der Waals surface area (Å²) in [7, 11) is 0. The first-order valence-electron chi connectivity index (χ1n) is 7.42. The molecule has 0 aliphatic carbocycles. The third kappa shape index (κ3) is 6.48. The molecule has 0 saturated carbocycles. The molecule has 0 aliphatic rings. The number of nitriles is 1. The summed E-state index contributed by atoms with van der Waals surface area (Å²) in [6.45, 7) is 0.287. The molecule has 0 atom stereocenters. The average molecular weight is 327 g/mol. The zero-order valence-corrected chi connectivity index (χ0v) is 13.3. The highest BCUT2D eigenvalue weighted by Gasteiger charge is 1.98. The van der Waals surface area contributed by atoms with Crippen molar-refractivity contribution in [3.8, 4) is 6.07 Å². The summed E-state index contributed by atoms with van der Waals surface area (Å²) in [5, 5.41) is 37.0. The van der Waals surface area contributed by atoms with Gasteiger partial charge in [-0.05, 0) is 36.1 Å². The number of rotatable bonds is 5. The van der Waals surface area contributed by atoms with E-state index in [1.165, 1.54) is 0 Å². The van der Waals surface area contributed by atoms with E-state index in [0.29, 0.717) is 24.0 Å². The van der Waals surface area contributed by atoms with Crippen molar-refractivity contribution in [2.45, 2.75) is 12.8 Å². The van der Waals surface area contributed by atoms with E-state index in [4.69, 9.17) is 26.4 Å². The summed E-state index contributed by atoms with van der Waals surface area (Å²) >= 11 is 0. The van der Waals surface area contributed by atoms with Crippen LogP contribution < -0.4 is 5.73 Å². The lowest BCUT2D eigenvalue weighted by Gasteiger charge is -2.00. The second-order valence-corrected chi connectivity index (χ2v) is 4.94. The molecule has 126 valence electrons. The van der Waals surface area contributed by atoms with Crippen molar-refractivity contribution in [2.24, 2.45) is 10.9 Å². The Balaban J connectivity index is 0.000000243. The zero-order chi connectivity index (χ0) is 17.8. The lowest BCUT2D eigenvalue weighted by atomic mass is 10.1. The van der Waals surface area contributed by atoms with Crippen molar-refractivity contribution < 1.29 is 15.4 Å². The average Bonchev–Trinajstić information content (AvgIpc) is 2.63. The molecule has 0 unspecified atom stereocenters. The van der Waals surface area contributed by atoms with Gasteiger partial charge < -0.3 is 21.2 Å². The maximum absolute atomic E-state index is 8.66. The number of benzene rings is 2. The highest BCUT2D eigenvalue weighted by Crippen LogP contribution is 2.04. The summed E-state index contributed by atoms with van der Waals surface area (Å²) in [4.78, 5) is 0. The SMILES string of the molecule is N#Cc1ccc(CCO)cc1.NC(=NO)c1ccc(CCO)cc1. The second kappa shape index (κ2) is 10.8. The van der Waals surface area contributed by atoms with Crippen LogP contribution in [0.15, 0.2) is 53.7 Å². The van der Waals surface area contributed by atoms with Crippen molar-refractivity contribution in [3.05, 3.63) is 70.8 Å². The minimum atomic E-state index is 0.0931. The van der Waals surface area contributed by atoms with Gasteiger partial charge in [-0.25, -0.2) is 0 Å². The fourth-order valence-electron chi connectivity index (χ4n) is 1.90. The molecule has 0 bridgehead atoms. The number of hydrogen-bond acceptors (Lipinski definition) is 5. The van der Waals surface area contributed by atoms with Gasteiger partial charge in [-0.3, -0.25) is 0 Å². The largest absolute Gasteiger partial charge is 0.409 e. The first-order valence-corrected chi connectivity index (χ1v) is 7.42. The summed E-state index contributed by atoms with van der Waals surface area (Å²) in [6, 6.07) is 16.4. The van der Waals surface area contributed by atoms with Gasteiger partial charge in [0.25, 0.3) is 0 Å². The topological polar surface area (TPSA) is 123 Å². The first-order chi connectivity index (χ1) is 11.6. The molecule has 5 N–H and O–H groups in total. The number of nitrogens with two attached hydrogens (primary N) is 1. The van der Waals surface area contributed by atoms with E-state index in [2.05, 4.69) is 5.16 Å². The Hall–Kier alpha value is -2.88. The number of aliphatic hydroxyl groups is 2. The minimum Gasteiger partial charge on any atom is -0.409 e. The van der Waals surface area contributed by atoms with Crippen molar-refractivity contribution in [1.29, 1.82) is 5.26 Å². The van der Waals surface area contributed by atoms with Crippen LogP contribution >= 0.6 is 0 Å². The van der Waals surface area contributed by atoms with Crippen LogP contribution in [0.5, 0.6) is 0 Å². The molecular formula is C18H21N3O3. The number of nitrogens with zero attached hydrogens (tertiary/aromatic N) is 2. The van der Waals surface area contributed by atoms with Crippen molar-refractivity contribution in [3.63, 3.8) is 0 Å². The van der Waals surface area contributed by atoms with Gasteiger partial charge >= 0.3 is 0 Å². The standard InChI is InChI=1S/C9H12N2O2.C9H9NO/c10-9(11-13)8-3-1-7(2-4-8)5-6-12;10-7-9-3-1-8(2-4-9)5-6-11/h1-4,12-13H,5-6H2,(H2,10,11);1-4,11H,5-6H2. The molecule has 0 spiro atoms. The van der Waals surface area contributed by atoms with E-state index >= 15 is 0 Å². The molecule has 6 nitrogen and oxygen atoms in total. The maximum atomic E-state index is 8.66. The first kappa shape index (κ1) is 19.2. The van der Waals surface area contributed by atoms with Crippen LogP contribution in [0, 0.1) is 11.3 Å². The van der Waals surface area contributed by atoms with Crippen LogP contribution in [0.1, 0.15) is 22.3 Å². The van der Waals surface area contributed by atoms with Crippen LogP contribution in [0.2, 0.25) is 0 Å². The van der Waals surface area contributed by atoms with E-state index in [0.717, 1.165) is 11.1 Å². The predicted octanol–water partition coefficient (Wildman–Crippen LogP) is 1.41. The zero-order valence-electron chi connectivity index (χ0n) is 13.3. The van der Waals surface area contributed by atoms with Gasteiger partial charge in [-0.2, -0.15) is 5.26 Å².